The number of hydrogen-bond acceptors (Lipinski definition) is 2. The first kappa shape index (κ1) is 13.6. The predicted molar refractivity (Wildman–Crippen MR) is 79.8 cm³/mol. The molecule has 98 valence electrons. The molecular weight excluding hydrogens is 306 g/mol. The first-order valence-electron chi connectivity index (χ1n) is 5.81. The molecule has 19 heavy (non-hydrogen) atoms. The van der Waals surface area contributed by atoms with Crippen LogP contribution in [0.3, 0.4) is 0 Å². The number of rotatable bonds is 3. The summed E-state index contributed by atoms with van der Waals surface area (Å²) in [5.74, 6) is 0.585. The Labute approximate surface area is 120 Å². The lowest BCUT2D eigenvalue weighted by molar-refractivity contribution is 0.102. The summed E-state index contributed by atoms with van der Waals surface area (Å²) in [4.78, 5) is 12.1. The van der Waals surface area contributed by atoms with Crippen molar-refractivity contribution in [2.24, 2.45) is 0 Å². The summed E-state index contributed by atoms with van der Waals surface area (Å²) in [7, 11) is 1.60. The number of carbonyl (C=O) groups excluding carboxylic acids is 1. The molecule has 2 aromatic rings. The molecule has 0 saturated carbocycles. The van der Waals surface area contributed by atoms with Crippen LogP contribution in [0.25, 0.3) is 0 Å². The molecule has 0 heterocycles. The van der Waals surface area contributed by atoms with Gasteiger partial charge in [0.1, 0.15) is 5.75 Å². The molecule has 1 N–H and O–H groups in total. The Hall–Kier alpha value is -1.81. The van der Waals surface area contributed by atoms with Gasteiger partial charge in [0.2, 0.25) is 0 Å². The number of aryl methyl sites for hydroxylation is 1. The van der Waals surface area contributed by atoms with E-state index in [2.05, 4.69) is 21.2 Å². The van der Waals surface area contributed by atoms with Crippen molar-refractivity contribution in [1.82, 2.24) is 0 Å². The quantitative estimate of drug-likeness (QED) is 0.928. The van der Waals surface area contributed by atoms with Gasteiger partial charge < -0.3 is 10.1 Å². The third-order valence-electron chi connectivity index (χ3n) is 2.72. The van der Waals surface area contributed by atoms with Gasteiger partial charge in [0.25, 0.3) is 5.91 Å². The largest absolute Gasteiger partial charge is 0.497 e. The molecule has 0 atom stereocenters. The number of benzene rings is 2. The van der Waals surface area contributed by atoms with Gasteiger partial charge in [-0.3, -0.25) is 4.79 Å². The van der Waals surface area contributed by atoms with Gasteiger partial charge in [0.15, 0.2) is 0 Å². The highest BCUT2D eigenvalue weighted by Crippen LogP contribution is 2.24. The summed E-state index contributed by atoms with van der Waals surface area (Å²) in [5, 5.41) is 2.88. The highest BCUT2D eigenvalue weighted by molar-refractivity contribution is 9.10. The number of hydrogen-bond donors (Lipinski definition) is 1. The van der Waals surface area contributed by atoms with Gasteiger partial charge in [0, 0.05) is 10.0 Å². The fraction of sp³-hybridized carbons (Fsp3) is 0.133. The number of anilines is 1. The maximum atomic E-state index is 12.1. The Balaban J connectivity index is 2.18. The van der Waals surface area contributed by atoms with Crippen LogP contribution in [-0.4, -0.2) is 13.0 Å². The molecule has 3 nitrogen and oxygen atoms in total. The molecule has 1 amide bonds. The van der Waals surface area contributed by atoms with Gasteiger partial charge >= 0.3 is 0 Å². The number of halogens is 1. The number of methoxy groups -OCH3 is 1. The minimum atomic E-state index is -0.144. The van der Waals surface area contributed by atoms with E-state index in [1.165, 1.54) is 0 Å². The second-order valence-corrected chi connectivity index (χ2v) is 5.02. The Morgan fingerprint density at radius 3 is 2.47 bits per heavy atom. The van der Waals surface area contributed by atoms with E-state index >= 15 is 0 Å². The molecule has 0 fully saturated rings. The molecule has 0 aliphatic rings. The number of carbonyl (C=O) groups is 1. The Bertz CT molecular complexity index is 594. The highest BCUT2D eigenvalue weighted by Gasteiger charge is 2.08. The van der Waals surface area contributed by atoms with Crippen molar-refractivity contribution in [3.8, 4) is 5.75 Å². The number of ether oxygens (including phenoxy) is 1. The van der Waals surface area contributed by atoms with E-state index < -0.39 is 0 Å². The molecule has 0 saturated heterocycles. The van der Waals surface area contributed by atoms with Crippen LogP contribution in [-0.2, 0) is 0 Å². The fourth-order valence-corrected chi connectivity index (χ4v) is 2.02. The first-order valence-corrected chi connectivity index (χ1v) is 6.61. The third-order valence-corrected chi connectivity index (χ3v) is 3.41. The van der Waals surface area contributed by atoms with E-state index in [0.717, 1.165) is 21.5 Å². The lowest BCUT2D eigenvalue weighted by Gasteiger charge is -2.09. The van der Waals surface area contributed by atoms with Gasteiger partial charge in [-0.1, -0.05) is 6.07 Å². The first-order chi connectivity index (χ1) is 9.10. The smallest absolute Gasteiger partial charge is 0.255 e. The van der Waals surface area contributed by atoms with Crippen LogP contribution < -0.4 is 10.1 Å². The molecule has 0 aliphatic carbocycles. The molecule has 0 aromatic heterocycles. The number of nitrogens with one attached hydrogen (secondary N) is 1. The van der Waals surface area contributed by atoms with Crippen molar-refractivity contribution in [3.63, 3.8) is 0 Å². The zero-order valence-corrected chi connectivity index (χ0v) is 12.3. The van der Waals surface area contributed by atoms with E-state index in [1.807, 2.05) is 25.1 Å². The van der Waals surface area contributed by atoms with Crippen LogP contribution in [0.2, 0.25) is 0 Å². The molecular formula is C15H14BrNO2. The van der Waals surface area contributed by atoms with Crippen LogP contribution in [0.5, 0.6) is 5.75 Å². The van der Waals surface area contributed by atoms with Crippen molar-refractivity contribution in [2.75, 3.05) is 12.4 Å². The van der Waals surface area contributed by atoms with E-state index in [0.29, 0.717) is 5.56 Å². The average Bonchev–Trinajstić information content (AvgIpc) is 2.43. The van der Waals surface area contributed by atoms with Crippen molar-refractivity contribution < 1.29 is 9.53 Å². The van der Waals surface area contributed by atoms with Gasteiger partial charge in [-0.2, -0.15) is 0 Å². The van der Waals surface area contributed by atoms with Crippen molar-refractivity contribution in [3.05, 3.63) is 58.1 Å². The van der Waals surface area contributed by atoms with E-state index in [4.69, 9.17) is 4.74 Å². The predicted octanol–water partition coefficient (Wildman–Crippen LogP) is 4.02. The van der Waals surface area contributed by atoms with Gasteiger partial charge in [-0.15, -0.1) is 0 Å². The lowest BCUT2D eigenvalue weighted by Crippen LogP contribution is -2.12. The molecule has 0 bridgehead atoms. The van der Waals surface area contributed by atoms with Crippen molar-refractivity contribution in [1.29, 1.82) is 0 Å². The Morgan fingerprint density at radius 1 is 1.16 bits per heavy atom. The van der Waals surface area contributed by atoms with E-state index in [1.54, 1.807) is 31.4 Å². The second-order valence-electron chi connectivity index (χ2n) is 4.17. The molecule has 0 radical (unpaired) electrons. The molecule has 4 heteroatoms. The summed E-state index contributed by atoms with van der Waals surface area (Å²) in [5.41, 5.74) is 2.45. The monoisotopic (exact) mass is 319 g/mol. The Kier molecular flexibility index (Phi) is 4.22. The summed E-state index contributed by atoms with van der Waals surface area (Å²) >= 11 is 3.42. The van der Waals surface area contributed by atoms with Gasteiger partial charge in [-0.05, 0) is 64.8 Å². The molecule has 0 aliphatic heterocycles. The second kappa shape index (κ2) is 5.89. The summed E-state index contributed by atoms with van der Waals surface area (Å²) in [6.45, 7) is 1.98. The fourth-order valence-electron chi connectivity index (χ4n) is 1.67. The SMILES string of the molecule is COc1ccc(C(=O)Nc2cc(C)ccc2Br)cc1. The standard InChI is InChI=1S/C15H14BrNO2/c1-10-3-8-13(16)14(9-10)17-15(18)11-4-6-12(19-2)7-5-11/h3-9H,1-2H3,(H,17,18). The van der Waals surface area contributed by atoms with Crippen molar-refractivity contribution in [2.45, 2.75) is 6.92 Å². The molecule has 2 aromatic carbocycles. The van der Waals surface area contributed by atoms with Gasteiger partial charge in [0.05, 0.1) is 12.8 Å². The maximum absolute atomic E-state index is 12.1. The molecule has 0 spiro atoms. The lowest BCUT2D eigenvalue weighted by atomic mass is 10.2. The maximum Gasteiger partial charge on any atom is 0.255 e. The summed E-state index contributed by atoms with van der Waals surface area (Å²) in [6, 6.07) is 12.8. The minimum Gasteiger partial charge on any atom is -0.497 e. The topological polar surface area (TPSA) is 38.3 Å². The van der Waals surface area contributed by atoms with Crippen LogP contribution in [0.4, 0.5) is 5.69 Å². The Morgan fingerprint density at radius 2 is 1.84 bits per heavy atom. The summed E-state index contributed by atoms with van der Waals surface area (Å²) < 4.78 is 5.92. The van der Waals surface area contributed by atoms with Crippen LogP contribution in [0, 0.1) is 6.92 Å². The van der Waals surface area contributed by atoms with Crippen molar-refractivity contribution >= 4 is 27.5 Å². The molecule has 0 unspecified atom stereocenters. The highest BCUT2D eigenvalue weighted by atomic mass is 79.9. The number of amides is 1. The van der Waals surface area contributed by atoms with E-state index in [-0.39, 0.29) is 5.91 Å². The summed E-state index contributed by atoms with van der Waals surface area (Å²) in [6.07, 6.45) is 0. The molecule has 2 rings (SSSR count). The van der Waals surface area contributed by atoms with Crippen LogP contribution in [0.15, 0.2) is 46.9 Å². The van der Waals surface area contributed by atoms with Gasteiger partial charge in [-0.25, -0.2) is 0 Å². The average molecular weight is 320 g/mol. The normalized spacial score (nSPS) is 10.1. The van der Waals surface area contributed by atoms with E-state index in [9.17, 15) is 4.79 Å². The zero-order chi connectivity index (χ0) is 13.8. The van der Waals surface area contributed by atoms with Crippen LogP contribution >= 0.6 is 15.9 Å². The van der Waals surface area contributed by atoms with Crippen LogP contribution in [0.1, 0.15) is 15.9 Å². The minimum absolute atomic E-state index is 0.144. The third kappa shape index (κ3) is 3.35. The zero-order valence-electron chi connectivity index (χ0n) is 10.7.